The molecule has 0 bridgehead atoms. The maximum atomic E-state index is 12.3. The van der Waals surface area contributed by atoms with Crippen LogP contribution >= 0.6 is 11.8 Å². The molecule has 0 saturated carbocycles. The number of nitrogens with zero attached hydrogens (tertiary/aromatic N) is 2. The van der Waals surface area contributed by atoms with Crippen LogP contribution in [0, 0.1) is 0 Å². The van der Waals surface area contributed by atoms with Crippen LogP contribution in [-0.4, -0.2) is 35.0 Å². The van der Waals surface area contributed by atoms with Crippen LogP contribution in [0.2, 0.25) is 0 Å². The summed E-state index contributed by atoms with van der Waals surface area (Å²) in [7, 11) is 1.64. The van der Waals surface area contributed by atoms with E-state index in [1.165, 1.54) is 11.8 Å². The lowest BCUT2D eigenvalue weighted by Gasteiger charge is -2.10. The summed E-state index contributed by atoms with van der Waals surface area (Å²) in [6.45, 7) is 2.38. The molecule has 0 fully saturated rings. The van der Waals surface area contributed by atoms with E-state index in [0.29, 0.717) is 17.7 Å². The van der Waals surface area contributed by atoms with Crippen molar-refractivity contribution in [1.82, 2.24) is 15.5 Å². The summed E-state index contributed by atoms with van der Waals surface area (Å²) in [5, 5.41) is 11.0. The Morgan fingerprint density at radius 3 is 2.59 bits per heavy atom. The SMILES string of the molecule is COc1ccc(CCNC(=O)[C@H](C)Sc2nnc(-c3ccccc3)o2)cc1. The monoisotopic (exact) mass is 383 g/mol. The van der Waals surface area contributed by atoms with Gasteiger partial charge in [0.25, 0.3) is 5.22 Å². The molecule has 0 aliphatic heterocycles. The molecule has 1 atom stereocenters. The number of carbonyl (C=O) groups is 1. The summed E-state index contributed by atoms with van der Waals surface area (Å²) in [6, 6.07) is 17.4. The third kappa shape index (κ3) is 5.34. The van der Waals surface area contributed by atoms with Gasteiger partial charge in [-0.25, -0.2) is 0 Å². The van der Waals surface area contributed by atoms with Gasteiger partial charge in [0.15, 0.2) is 0 Å². The van der Waals surface area contributed by atoms with Crippen molar-refractivity contribution in [3.63, 3.8) is 0 Å². The van der Waals surface area contributed by atoms with E-state index in [2.05, 4.69) is 15.5 Å². The molecule has 0 saturated heterocycles. The van der Waals surface area contributed by atoms with Gasteiger partial charge in [0.1, 0.15) is 5.75 Å². The lowest BCUT2D eigenvalue weighted by Crippen LogP contribution is -2.32. The molecule has 1 amide bonds. The molecule has 0 radical (unpaired) electrons. The van der Waals surface area contributed by atoms with Crippen molar-refractivity contribution in [2.24, 2.45) is 0 Å². The zero-order valence-electron chi connectivity index (χ0n) is 15.2. The molecule has 2 aromatic carbocycles. The van der Waals surface area contributed by atoms with Gasteiger partial charge in [-0.15, -0.1) is 10.2 Å². The van der Waals surface area contributed by atoms with Gasteiger partial charge in [-0.05, 0) is 43.2 Å². The number of thioether (sulfide) groups is 1. The van der Waals surface area contributed by atoms with Crippen molar-refractivity contribution in [3.05, 3.63) is 60.2 Å². The molecule has 1 aromatic heterocycles. The van der Waals surface area contributed by atoms with Crippen molar-refractivity contribution in [2.45, 2.75) is 23.8 Å². The lowest BCUT2D eigenvalue weighted by atomic mass is 10.1. The summed E-state index contributed by atoms with van der Waals surface area (Å²) in [5.41, 5.74) is 1.99. The van der Waals surface area contributed by atoms with E-state index in [0.717, 1.165) is 23.3 Å². The van der Waals surface area contributed by atoms with Gasteiger partial charge >= 0.3 is 0 Å². The number of aromatic nitrogens is 2. The van der Waals surface area contributed by atoms with Crippen LogP contribution in [0.1, 0.15) is 12.5 Å². The minimum absolute atomic E-state index is 0.0621. The normalized spacial score (nSPS) is 11.8. The topological polar surface area (TPSA) is 77.2 Å². The maximum absolute atomic E-state index is 12.3. The maximum Gasteiger partial charge on any atom is 0.277 e. The Labute approximate surface area is 162 Å². The highest BCUT2D eigenvalue weighted by atomic mass is 32.2. The fraction of sp³-hybridized carbons (Fsp3) is 0.250. The van der Waals surface area contributed by atoms with Crippen LogP contribution < -0.4 is 10.1 Å². The molecular weight excluding hydrogens is 362 g/mol. The molecule has 0 aliphatic rings. The number of ether oxygens (including phenoxy) is 1. The quantitative estimate of drug-likeness (QED) is 0.599. The van der Waals surface area contributed by atoms with Gasteiger partial charge in [-0.3, -0.25) is 4.79 Å². The van der Waals surface area contributed by atoms with Gasteiger partial charge < -0.3 is 14.5 Å². The Kier molecular flexibility index (Phi) is 6.49. The zero-order valence-corrected chi connectivity index (χ0v) is 16.0. The van der Waals surface area contributed by atoms with Crippen molar-refractivity contribution in [2.75, 3.05) is 13.7 Å². The molecule has 0 aliphatic carbocycles. The molecule has 7 heteroatoms. The molecule has 0 spiro atoms. The van der Waals surface area contributed by atoms with Crippen LogP contribution in [0.4, 0.5) is 0 Å². The average molecular weight is 383 g/mol. The number of hydrogen-bond donors (Lipinski definition) is 1. The Hall–Kier alpha value is -2.80. The molecule has 140 valence electrons. The van der Waals surface area contributed by atoms with Gasteiger partial charge in [0, 0.05) is 12.1 Å². The number of rotatable bonds is 8. The second kappa shape index (κ2) is 9.23. The largest absolute Gasteiger partial charge is 0.497 e. The van der Waals surface area contributed by atoms with Gasteiger partial charge in [0.05, 0.1) is 12.4 Å². The van der Waals surface area contributed by atoms with Gasteiger partial charge in [0.2, 0.25) is 11.8 Å². The lowest BCUT2D eigenvalue weighted by molar-refractivity contribution is -0.120. The smallest absolute Gasteiger partial charge is 0.277 e. The first-order valence-electron chi connectivity index (χ1n) is 8.62. The van der Waals surface area contributed by atoms with Gasteiger partial charge in [-0.2, -0.15) is 0 Å². The van der Waals surface area contributed by atoms with Gasteiger partial charge in [-0.1, -0.05) is 42.1 Å². The Bertz CT molecular complexity index is 866. The number of benzene rings is 2. The minimum atomic E-state index is -0.329. The molecule has 1 heterocycles. The standard InChI is InChI=1S/C20H21N3O3S/c1-14(18(24)21-13-12-15-8-10-17(25-2)11-9-15)27-20-23-22-19(26-20)16-6-4-3-5-7-16/h3-11,14H,12-13H2,1-2H3,(H,21,24)/t14-/m0/s1. The minimum Gasteiger partial charge on any atom is -0.497 e. The average Bonchev–Trinajstić information content (AvgIpc) is 3.17. The van der Waals surface area contributed by atoms with Crippen LogP contribution in [0.15, 0.2) is 64.2 Å². The van der Waals surface area contributed by atoms with Crippen molar-refractivity contribution in [1.29, 1.82) is 0 Å². The number of carbonyl (C=O) groups excluding carboxylic acids is 1. The fourth-order valence-corrected chi connectivity index (χ4v) is 3.13. The van der Waals surface area contributed by atoms with Crippen molar-refractivity contribution in [3.8, 4) is 17.2 Å². The summed E-state index contributed by atoms with van der Waals surface area (Å²) in [5.74, 6) is 1.21. The molecule has 3 rings (SSSR count). The molecule has 6 nitrogen and oxygen atoms in total. The fourth-order valence-electron chi connectivity index (χ4n) is 2.43. The number of methoxy groups -OCH3 is 1. The first-order valence-corrected chi connectivity index (χ1v) is 9.50. The summed E-state index contributed by atoms with van der Waals surface area (Å²) < 4.78 is 10.8. The van der Waals surface area contributed by atoms with Crippen LogP contribution in [0.25, 0.3) is 11.5 Å². The third-order valence-corrected chi connectivity index (χ3v) is 4.88. The third-order valence-electron chi connectivity index (χ3n) is 3.95. The van der Waals surface area contributed by atoms with E-state index in [9.17, 15) is 4.79 Å². The first-order chi connectivity index (χ1) is 13.2. The van der Waals surface area contributed by atoms with Crippen molar-refractivity contribution < 1.29 is 13.9 Å². The highest BCUT2D eigenvalue weighted by Gasteiger charge is 2.18. The molecule has 3 aromatic rings. The van der Waals surface area contributed by atoms with Crippen molar-refractivity contribution >= 4 is 17.7 Å². The molecule has 0 unspecified atom stereocenters. The number of amides is 1. The van der Waals surface area contributed by atoms with Crippen LogP contribution in [0.3, 0.4) is 0 Å². The second-order valence-electron chi connectivity index (χ2n) is 5.89. The van der Waals surface area contributed by atoms with E-state index in [1.54, 1.807) is 7.11 Å². The number of nitrogens with one attached hydrogen (secondary N) is 1. The van der Waals surface area contributed by atoms with Crippen LogP contribution in [-0.2, 0) is 11.2 Å². The first kappa shape index (κ1) is 19.0. The van der Waals surface area contributed by atoms with E-state index < -0.39 is 0 Å². The summed E-state index contributed by atoms with van der Waals surface area (Å²) in [6.07, 6.45) is 0.756. The van der Waals surface area contributed by atoms with Crippen LogP contribution in [0.5, 0.6) is 5.75 Å². The molecule has 1 N–H and O–H groups in total. The molecular formula is C20H21N3O3S. The van der Waals surface area contributed by atoms with E-state index >= 15 is 0 Å². The predicted octanol–water partition coefficient (Wildman–Crippen LogP) is 3.58. The summed E-state index contributed by atoms with van der Waals surface area (Å²) in [4.78, 5) is 12.3. The highest BCUT2D eigenvalue weighted by Crippen LogP contribution is 2.26. The van der Waals surface area contributed by atoms with E-state index in [-0.39, 0.29) is 11.2 Å². The summed E-state index contributed by atoms with van der Waals surface area (Å²) >= 11 is 1.25. The zero-order chi connectivity index (χ0) is 19.1. The Morgan fingerprint density at radius 2 is 1.89 bits per heavy atom. The Balaban J connectivity index is 1.47. The van der Waals surface area contributed by atoms with E-state index in [1.807, 2.05) is 61.5 Å². The van der Waals surface area contributed by atoms with E-state index in [4.69, 9.17) is 9.15 Å². The highest BCUT2D eigenvalue weighted by molar-refractivity contribution is 8.00. The second-order valence-corrected chi connectivity index (χ2v) is 7.18. The Morgan fingerprint density at radius 1 is 1.15 bits per heavy atom. The molecule has 27 heavy (non-hydrogen) atoms. The predicted molar refractivity (Wildman–Crippen MR) is 105 cm³/mol. The number of hydrogen-bond acceptors (Lipinski definition) is 6.